The van der Waals surface area contributed by atoms with Crippen molar-refractivity contribution >= 4 is 28.5 Å². The van der Waals surface area contributed by atoms with Crippen molar-refractivity contribution in [1.82, 2.24) is 0 Å². The minimum absolute atomic E-state index is 0.00966. The lowest BCUT2D eigenvalue weighted by atomic mass is 9.78. The van der Waals surface area contributed by atoms with Gasteiger partial charge in [0, 0.05) is 43.5 Å². The van der Waals surface area contributed by atoms with Gasteiger partial charge in [0.05, 0.1) is 29.4 Å². The van der Waals surface area contributed by atoms with E-state index in [-0.39, 0.29) is 17.5 Å². The monoisotopic (exact) mass is 500 g/mol. The Bertz CT molecular complexity index is 1410. The second kappa shape index (κ2) is 9.50. The van der Waals surface area contributed by atoms with Crippen molar-refractivity contribution in [2.75, 3.05) is 36.7 Å². The van der Waals surface area contributed by atoms with Gasteiger partial charge in [-0.25, -0.2) is 0 Å². The van der Waals surface area contributed by atoms with Gasteiger partial charge in [-0.2, -0.15) is 0 Å². The summed E-state index contributed by atoms with van der Waals surface area (Å²) in [5, 5.41) is 28.9. The first-order chi connectivity index (χ1) is 17.8. The van der Waals surface area contributed by atoms with Crippen LogP contribution in [0.25, 0.3) is 0 Å². The molecule has 2 unspecified atom stereocenters. The van der Waals surface area contributed by atoms with Gasteiger partial charge in [-0.15, -0.1) is 0 Å². The fraction of sp³-hybridized carbons (Fsp3) is 0.250. The Morgan fingerprint density at radius 1 is 1.03 bits per heavy atom. The summed E-state index contributed by atoms with van der Waals surface area (Å²) in [7, 11) is 5.31. The van der Waals surface area contributed by atoms with Gasteiger partial charge in [0.15, 0.2) is 11.5 Å². The van der Waals surface area contributed by atoms with E-state index in [1.807, 2.05) is 55.4 Å². The third-order valence-electron chi connectivity index (χ3n) is 7.02. The van der Waals surface area contributed by atoms with Crippen molar-refractivity contribution < 1.29 is 19.6 Å². The van der Waals surface area contributed by atoms with Crippen LogP contribution >= 0.6 is 0 Å². The highest BCUT2D eigenvalue weighted by molar-refractivity contribution is 6.01. The molecule has 37 heavy (non-hydrogen) atoms. The molecule has 2 atom stereocenters. The Morgan fingerprint density at radius 2 is 1.73 bits per heavy atom. The predicted molar refractivity (Wildman–Crippen MR) is 143 cm³/mol. The summed E-state index contributed by atoms with van der Waals surface area (Å²) >= 11 is 0. The van der Waals surface area contributed by atoms with Gasteiger partial charge in [0.25, 0.3) is 0 Å². The van der Waals surface area contributed by atoms with Crippen molar-refractivity contribution in [3.05, 3.63) is 93.2 Å². The van der Waals surface area contributed by atoms with Gasteiger partial charge in [-0.05, 0) is 53.8 Å². The Hall–Kier alpha value is -4.53. The molecule has 3 aromatic carbocycles. The number of fused-ring (bicyclic) bond motifs is 1. The molecule has 0 saturated heterocycles. The highest BCUT2D eigenvalue weighted by atomic mass is 16.6. The average Bonchev–Trinajstić information content (AvgIpc) is 3.05. The van der Waals surface area contributed by atoms with Crippen LogP contribution in [-0.2, 0) is 4.79 Å². The molecule has 1 heterocycles. The number of anilines is 3. The minimum atomic E-state index is -0.677. The fourth-order valence-corrected chi connectivity index (χ4v) is 5.10. The van der Waals surface area contributed by atoms with E-state index in [2.05, 4.69) is 22.8 Å². The normalized spacial score (nSPS) is 18.6. The molecule has 1 aliphatic carbocycles. The number of phenols is 1. The fourth-order valence-electron chi connectivity index (χ4n) is 5.10. The maximum atomic E-state index is 13.8. The zero-order chi connectivity index (χ0) is 26.3. The molecule has 2 aliphatic rings. The Balaban J connectivity index is 1.62. The zero-order valence-electron chi connectivity index (χ0n) is 20.8. The molecule has 5 rings (SSSR count). The molecule has 9 nitrogen and oxygen atoms in total. The summed E-state index contributed by atoms with van der Waals surface area (Å²) in [4.78, 5) is 26.8. The van der Waals surface area contributed by atoms with Crippen LogP contribution < -0.4 is 20.3 Å². The molecule has 0 spiro atoms. The molecule has 1 aliphatic heterocycles. The molecule has 0 fully saturated rings. The number of benzene rings is 3. The quantitative estimate of drug-likeness (QED) is 0.317. The number of nitrogens with one attached hydrogen (secondary N) is 2. The lowest BCUT2D eigenvalue weighted by Crippen LogP contribution is -2.27. The van der Waals surface area contributed by atoms with Gasteiger partial charge in [0.2, 0.25) is 5.75 Å². The van der Waals surface area contributed by atoms with Crippen LogP contribution in [0.3, 0.4) is 0 Å². The Morgan fingerprint density at radius 3 is 2.38 bits per heavy atom. The van der Waals surface area contributed by atoms with E-state index in [9.17, 15) is 20.0 Å². The number of nitro groups is 1. The van der Waals surface area contributed by atoms with E-state index in [1.54, 1.807) is 0 Å². The maximum Gasteiger partial charge on any atom is 0.315 e. The molecule has 3 aromatic rings. The van der Waals surface area contributed by atoms with E-state index in [0.29, 0.717) is 24.0 Å². The summed E-state index contributed by atoms with van der Waals surface area (Å²) in [5.74, 6) is -0.630. The van der Waals surface area contributed by atoms with Crippen LogP contribution in [0.2, 0.25) is 0 Å². The number of hydrogen-bond donors (Lipinski definition) is 3. The second-order valence-corrected chi connectivity index (χ2v) is 9.50. The predicted octanol–water partition coefficient (Wildman–Crippen LogP) is 5.35. The first-order valence-corrected chi connectivity index (χ1v) is 12.0. The number of nitro benzene ring substituents is 1. The van der Waals surface area contributed by atoms with Crippen molar-refractivity contribution in [3.8, 4) is 11.5 Å². The standard InChI is InChI=1S/C28H28N4O5/c1-31(2)19-10-8-16(9-11-19)17-12-22-26(24(33)14-17)27(30-21-7-5-4-6-20(21)29-22)18-13-23(32(35)36)28(34)25(15-18)37-3/h4-11,13,15,17,27,29-30,34H,12,14H2,1-3H3. The third kappa shape index (κ3) is 4.44. The molecule has 9 heteroatoms. The number of Topliss-reactive ketones (excluding diaryl/α,β-unsaturated/α-hetero) is 1. The maximum absolute atomic E-state index is 13.8. The molecule has 190 valence electrons. The lowest BCUT2D eigenvalue weighted by molar-refractivity contribution is -0.386. The number of ether oxygens (including phenoxy) is 1. The van der Waals surface area contributed by atoms with Crippen LogP contribution in [0, 0.1) is 10.1 Å². The van der Waals surface area contributed by atoms with E-state index in [4.69, 9.17) is 4.74 Å². The van der Waals surface area contributed by atoms with Crippen LogP contribution in [-0.4, -0.2) is 37.0 Å². The lowest BCUT2D eigenvalue weighted by Gasteiger charge is -2.30. The van der Waals surface area contributed by atoms with Gasteiger partial charge in [-0.1, -0.05) is 24.3 Å². The number of hydrogen-bond acceptors (Lipinski definition) is 8. The topological polar surface area (TPSA) is 117 Å². The summed E-state index contributed by atoms with van der Waals surface area (Å²) in [6.07, 6.45) is 0.917. The first-order valence-electron chi connectivity index (χ1n) is 12.0. The molecule has 0 radical (unpaired) electrons. The van der Waals surface area contributed by atoms with Gasteiger partial charge in [-0.3, -0.25) is 14.9 Å². The minimum Gasteiger partial charge on any atom is -0.500 e. The van der Waals surface area contributed by atoms with Crippen LogP contribution in [0.15, 0.2) is 71.9 Å². The Kier molecular flexibility index (Phi) is 6.20. The zero-order valence-corrected chi connectivity index (χ0v) is 20.8. The number of para-hydroxylation sites is 2. The number of carbonyl (C=O) groups is 1. The second-order valence-electron chi connectivity index (χ2n) is 9.50. The van der Waals surface area contributed by atoms with E-state index in [0.717, 1.165) is 28.3 Å². The molecule has 0 saturated carbocycles. The highest BCUT2D eigenvalue weighted by Crippen LogP contribution is 2.47. The van der Waals surface area contributed by atoms with Crippen molar-refractivity contribution in [1.29, 1.82) is 0 Å². The van der Waals surface area contributed by atoms with Gasteiger partial charge in [0.1, 0.15) is 0 Å². The molecule has 0 bridgehead atoms. The van der Waals surface area contributed by atoms with Crippen molar-refractivity contribution in [2.24, 2.45) is 0 Å². The molecule has 3 N–H and O–H groups in total. The SMILES string of the molecule is COc1cc(C2Nc3ccccc3NC3=C2C(=O)CC(c2ccc(N(C)C)cc2)C3)cc([N+](=O)[O-])c1O. The highest BCUT2D eigenvalue weighted by Gasteiger charge is 2.37. The van der Waals surface area contributed by atoms with Crippen LogP contribution in [0.4, 0.5) is 22.7 Å². The van der Waals surface area contributed by atoms with Gasteiger partial charge < -0.3 is 25.4 Å². The van der Waals surface area contributed by atoms with Crippen molar-refractivity contribution in [2.45, 2.75) is 24.8 Å². The summed E-state index contributed by atoms with van der Waals surface area (Å²) in [6.45, 7) is 0. The summed E-state index contributed by atoms with van der Waals surface area (Å²) in [5.41, 5.74) is 5.01. The van der Waals surface area contributed by atoms with E-state index >= 15 is 0 Å². The average molecular weight is 501 g/mol. The number of methoxy groups -OCH3 is 1. The Labute approximate surface area is 214 Å². The number of rotatable bonds is 5. The van der Waals surface area contributed by atoms with Gasteiger partial charge >= 0.3 is 5.69 Å². The number of nitrogens with zero attached hydrogens (tertiary/aromatic N) is 2. The largest absolute Gasteiger partial charge is 0.500 e. The number of allylic oxidation sites excluding steroid dienone is 1. The third-order valence-corrected chi connectivity index (χ3v) is 7.02. The summed E-state index contributed by atoms with van der Waals surface area (Å²) in [6, 6.07) is 18.0. The smallest absolute Gasteiger partial charge is 0.315 e. The summed E-state index contributed by atoms with van der Waals surface area (Å²) < 4.78 is 5.23. The number of ketones is 1. The number of aromatic hydroxyl groups is 1. The van der Waals surface area contributed by atoms with E-state index in [1.165, 1.54) is 19.2 Å². The van der Waals surface area contributed by atoms with Crippen LogP contribution in [0.1, 0.15) is 35.9 Å². The number of phenolic OH excluding ortho intramolecular Hbond substituents is 1. The number of carbonyl (C=O) groups excluding carboxylic acids is 1. The van der Waals surface area contributed by atoms with Crippen molar-refractivity contribution in [3.63, 3.8) is 0 Å². The molecule has 0 amide bonds. The molecule has 0 aromatic heterocycles. The molecular formula is C28H28N4O5. The van der Waals surface area contributed by atoms with E-state index < -0.39 is 22.4 Å². The molecular weight excluding hydrogens is 472 g/mol. The first kappa shape index (κ1) is 24.2. The van der Waals surface area contributed by atoms with Crippen LogP contribution in [0.5, 0.6) is 11.5 Å².